The molecule has 0 aromatic heterocycles. The van der Waals surface area contributed by atoms with Crippen LogP contribution in [0.15, 0.2) is 18.2 Å². The zero-order valence-electron chi connectivity index (χ0n) is 7.94. The lowest BCUT2D eigenvalue weighted by molar-refractivity contribution is 0.195. The molecule has 1 aromatic carbocycles. The van der Waals surface area contributed by atoms with Crippen LogP contribution in [0.4, 0.5) is 8.78 Å². The van der Waals surface area contributed by atoms with Gasteiger partial charge in [-0.3, -0.25) is 0 Å². The van der Waals surface area contributed by atoms with Crippen LogP contribution < -0.4 is 0 Å². The Balaban J connectivity index is 3.02. The predicted molar refractivity (Wildman–Crippen MR) is 51.0 cm³/mol. The van der Waals surface area contributed by atoms with Crippen LogP contribution in [-0.2, 0) is 9.84 Å². The molecule has 1 unspecified atom stereocenters. The van der Waals surface area contributed by atoms with Gasteiger partial charge in [0.15, 0.2) is 11.6 Å². The third kappa shape index (κ3) is 3.24. The van der Waals surface area contributed by atoms with Crippen LogP contribution in [0, 0.1) is 11.6 Å². The molecule has 0 heterocycles. The first-order valence-corrected chi connectivity index (χ1v) is 6.17. The van der Waals surface area contributed by atoms with E-state index in [1.54, 1.807) is 0 Å². The summed E-state index contributed by atoms with van der Waals surface area (Å²) >= 11 is 0. The maximum absolute atomic E-state index is 13.1. The van der Waals surface area contributed by atoms with E-state index in [1.165, 1.54) is 6.07 Å². The quantitative estimate of drug-likeness (QED) is 0.853. The standard InChI is InChI=1S/C9H10F2O3S/c1-15(13,14)5-8(12)6-3-2-4-7(10)9(6)11/h2-4,8,12H,5H2,1H3. The molecule has 84 valence electrons. The highest BCUT2D eigenvalue weighted by Gasteiger charge is 2.19. The summed E-state index contributed by atoms with van der Waals surface area (Å²) < 4.78 is 47.5. The van der Waals surface area contributed by atoms with Gasteiger partial charge in [0.1, 0.15) is 9.84 Å². The molecule has 0 bridgehead atoms. The molecule has 1 rings (SSSR count). The molecule has 6 heteroatoms. The van der Waals surface area contributed by atoms with Crippen molar-refractivity contribution in [2.75, 3.05) is 12.0 Å². The summed E-state index contributed by atoms with van der Waals surface area (Å²) in [7, 11) is -3.44. The zero-order valence-corrected chi connectivity index (χ0v) is 8.76. The normalized spacial score (nSPS) is 13.9. The molecule has 0 saturated carbocycles. The van der Waals surface area contributed by atoms with Gasteiger partial charge in [-0.15, -0.1) is 0 Å². The van der Waals surface area contributed by atoms with E-state index < -0.39 is 33.3 Å². The van der Waals surface area contributed by atoms with Crippen molar-refractivity contribution in [2.24, 2.45) is 0 Å². The number of rotatable bonds is 3. The molecule has 0 saturated heterocycles. The Morgan fingerprint density at radius 1 is 1.40 bits per heavy atom. The number of aliphatic hydroxyl groups is 1. The lowest BCUT2D eigenvalue weighted by Gasteiger charge is -2.10. The molecule has 0 spiro atoms. The molecule has 3 nitrogen and oxygen atoms in total. The summed E-state index contributed by atoms with van der Waals surface area (Å²) in [5.41, 5.74) is -0.347. The number of aliphatic hydroxyl groups excluding tert-OH is 1. The monoisotopic (exact) mass is 236 g/mol. The second kappa shape index (κ2) is 4.24. The Bertz CT molecular complexity index is 456. The fourth-order valence-corrected chi connectivity index (χ4v) is 1.91. The van der Waals surface area contributed by atoms with Crippen molar-refractivity contribution >= 4 is 9.84 Å². The van der Waals surface area contributed by atoms with E-state index in [4.69, 9.17) is 0 Å². The highest BCUT2D eigenvalue weighted by atomic mass is 32.2. The minimum atomic E-state index is -3.44. The van der Waals surface area contributed by atoms with Gasteiger partial charge in [0.25, 0.3) is 0 Å². The molecule has 0 aliphatic heterocycles. The van der Waals surface area contributed by atoms with Crippen molar-refractivity contribution in [3.8, 4) is 0 Å². The van der Waals surface area contributed by atoms with E-state index in [2.05, 4.69) is 0 Å². The van der Waals surface area contributed by atoms with Crippen LogP contribution in [0.3, 0.4) is 0 Å². The molecule has 15 heavy (non-hydrogen) atoms. The largest absolute Gasteiger partial charge is 0.387 e. The van der Waals surface area contributed by atoms with Gasteiger partial charge in [-0.25, -0.2) is 17.2 Å². The Kier molecular flexibility index (Phi) is 3.41. The smallest absolute Gasteiger partial charge is 0.164 e. The number of hydrogen-bond acceptors (Lipinski definition) is 3. The zero-order chi connectivity index (χ0) is 11.6. The van der Waals surface area contributed by atoms with Gasteiger partial charge in [0.05, 0.1) is 11.9 Å². The summed E-state index contributed by atoms with van der Waals surface area (Å²) in [6, 6.07) is 3.25. The van der Waals surface area contributed by atoms with Crippen LogP contribution in [-0.4, -0.2) is 25.5 Å². The molecule has 0 fully saturated rings. The first-order valence-electron chi connectivity index (χ1n) is 4.11. The number of halogens is 2. The van der Waals surface area contributed by atoms with Gasteiger partial charge < -0.3 is 5.11 Å². The fourth-order valence-electron chi connectivity index (χ4n) is 1.15. The third-order valence-corrected chi connectivity index (χ3v) is 2.72. The van der Waals surface area contributed by atoms with E-state index >= 15 is 0 Å². The van der Waals surface area contributed by atoms with Crippen molar-refractivity contribution in [2.45, 2.75) is 6.10 Å². The molecule has 0 radical (unpaired) electrons. The average Bonchev–Trinajstić information content (AvgIpc) is 2.06. The van der Waals surface area contributed by atoms with Crippen LogP contribution >= 0.6 is 0 Å². The van der Waals surface area contributed by atoms with Crippen molar-refractivity contribution in [3.63, 3.8) is 0 Å². The number of hydrogen-bond donors (Lipinski definition) is 1. The van der Waals surface area contributed by atoms with E-state index in [1.807, 2.05) is 0 Å². The van der Waals surface area contributed by atoms with Crippen molar-refractivity contribution in [1.82, 2.24) is 0 Å². The molecule has 1 atom stereocenters. The van der Waals surface area contributed by atoms with Crippen LogP contribution in [0.25, 0.3) is 0 Å². The lowest BCUT2D eigenvalue weighted by Crippen LogP contribution is -2.14. The molecule has 0 aliphatic rings. The molecular weight excluding hydrogens is 226 g/mol. The van der Waals surface area contributed by atoms with E-state index in [-0.39, 0.29) is 5.56 Å². The molecule has 1 aromatic rings. The van der Waals surface area contributed by atoms with E-state index in [0.717, 1.165) is 18.4 Å². The lowest BCUT2D eigenvalue weighted by atomic mass is 10.1. The molecule has 1 N–H and O–H groups in total. The second-order valence-electron chi connectivity index (χ2n) is 3.25. The van der Waals surface area contributed by atoms with E-state index in [9.17, 15) is 22.3 Å². The second-order valence-corrected chi connectivity index (χ2v) is 5.44. The van der Waals surface area contributed by atoms with E-state index in [0.29, 0.717) is 0 Å². The van der Waals surface area contributed by atoms with Gasteiger partial charge in [-0.1, -0.05) is 12.1 Å². The summed E-state index contributed by atoms with van der Waals surface area (Å²) in [5, 5.41) is 9.38. The summed E-state index contributed by atoms with van der Waals surface area (Å²) in [4.78, 5) is 0. The predicted octanol–water partition coefficient (Wildman–Crippen LogP) is 1.04. The summed E-state index contributed by atoms with van der Waals surface area (Å²) in [6.45, 7) is 0. The fraction of sp³-hybridized carbons (Fsp3) is 0.333. The maximum atomic E-state index is 13.1. The Hall–Kier alpha value is -1.01. The van der Waals surface area contributed by atoms with Gasteiger partial charge in [0.2, 0.25) is 0 Å². The first-order chi connectivity index (χ1) is 6.81. The van der Waals surface area contributed by atoms with Crippen LogP contribution in [0.5, 0.6) is 0 Å². The maximum Gasteiger partial charge on any atom is 0.164 e. The summed E-state index contributed by atoms with van der Waals surface area (Å²) in [5.74, 6) is -2.96. The minimum Gasteiger partial charge on any atom is -0.387 e. The molecule has 0 amide bonds. The van der Waals surface area contributed by atoms with Crippen LogP contribution in [0.1, 0.15) is 11.7 Å². The molecule has 0 aliphatic carbocycles. The molecular formula is C9H10F2O3S. The van der Waals surface area contributed by atoms with Gasteiger partial charge >= 0.3 is 0 Å². The van der Waals surface area contributed by atoms with Gasteiger partial charge in [0, 0.05) is 11.8 Å². The first kappa shape index (κ1) is 12.1. The number of sulfone groups is 1. The topological polar surface area (TPSA) is 54.4 Å². The SMILES string of the molecule is CS(=O)(=O)CC(O)c1cccc(F)c1F. The average molecular weight is 236 g/mol. The van der Waals surface area contributed by atoms with Gasteiger partial charge in [-0.2, -0.15) is 0 Å². The Morgan fingerprint density at radius 2 is 2.00 bits per heavy atom. The van der Waals surface area contributed by atoms with Crippen LogP contribution in [0.2, 0.25) is 0 Å². The van der Waals surface area contributed by atoms with Crippen molar-refractivity contribution < 1.29 is 22.3 Å². The van der Waals surface area contributed by atoms with Crippen molar-refractivity contribution in [3.05, 3.63) is 35.4 Å². The highest BCUT2D eigenvalue weighted by Crippen LogP contribution is 2.20. The van der Waals surface area contributed by atoms with Gasteiger partial charge in [-0.05, 0) is 6.07 Å². The third-order valence-electron chi connectivity index (χ3n) is 1.80. The minimum absolute atomic E-state index is 0.347. The number of benzene rings is 1. The van der Waals surface area contributed by atoms with Crippen molar-refractivity contribution in [1.29, 1.82) is 0 Å². The summed E-state index contributed by atoms with van der Waals surface area (Å²) in [6.07, 6.45) is -0.636. The highest BCUT2D eigenvalue weighted by molar-refractivity contribution is 7.90. The Morgan fingerprint density at radius 3 is 2.53 bits per heavy atom. The Labute approximate surface area is 86.3 Å².